The Morgan fingerprint density at radius 2 is 2.41 bits per heavy atom. The van der Waals surface area contributed by atoms with Gasteiger partial charge in [0.15, 0.2) is 0 Å². The lowest BCUT2D eigenvalue weighted by atomic mass is 10.1. The van der Waals surface area contributed by atoms with E-state index >= 15 is 0 Å². The SMILES string of the molecule is C[C@H](Cc1ccsc1)NC(=O)NCCn1cc([N+](=O)[O-])cn1. The second kappa shape index (κ2) is 7.55. The van der Waals surface area contributed by atoms with E-state index in [-0.39, 0.29) is 17.8 Å². The van der Waals surface area contributed by atoms with Crippen molar-refractivity contribution in [3.05, 3.63) is 44.9 Å². The van der Waals surface area contributed by atoms with Crippen LogP contribution in [0, 0.1) is 10.1 Å². The molecule has 2 rings (SSSR count). The van der Waals surface area contributed by atoms with Crippen LogP contribution in [0.15, 0.2) is 29.2 Å². The summed E-state index contributed by atoms with van der Waals surface area (Å²) in [4.78, 5) is 21.7. The predicted molar refractivity (Wildman–Crippen MR) is 82.9 cm³/mol. The Labute approximate surface area is 131 Å². The van der Waals surface area contributed by atoms with Gasteiger partial charge in [0.1, 0.15) is 12.4 Å². The first-order chi connectivity index (χ1) is 10.5. The van der Waals surface area contributed by atoms with Crippen LogP contribution in [-0.4, -0.2) is 33.3 Å². The molecule has 9 heteroatoms. The Morgan fingerprint density at radius 3 is 3.05 bits per heavy atom. The molecule has 1 atom stereocenters. The number of nitrogens with zero attached hydrogens (tertiary/aromatic N) is 3. The molecule has 0 aliphatic carbocycles. The molecule has 0 spiro atoms. The highest BCUT2D eigenvalue weighted by molar-refractivity contribution is 7.07. The van der Waals surface area contributed by atoms with Crippen molar-refractivity contribution in [2.24, 2.45) is 0 Å². The van der Waals surface area contributed by atoms with Crippen LogP contribution in [0.4, 0.5) is 10.5 Å². The number of hydrogen-bond donors (Lipinski definition) is 2. The molecule has 0 saturated carbocycles. The van der Waals surface area contributed by atoms with Crippen molar-refractivity contribution in [1.82, 2.24) is 20.4 Å². The molecule has 0 unspecified atom stereocenters. The Kier molecular flexibility index (Phi) is 5.48. The molecule has 2 aromatic heterocycles. The van der Waals surface area contributed by atoms with Crippen molar-refractivity contribution < 1.29 is 9.72 Å². The first-order valence-corrected chi connectivity index (χ1v) is 7.71. The Morgan fingerprint density at radius 1 is 1.59 bits per heavy atom. The lowest BCUT2D eigenvalue weighted by Crippen LogP contribution is -2.42. The van der Waals surface area contributed by atoms with Gasteiger partial charge in [0, 0.05) is 12.6 Å². The second-order valence-corrected chi connectivity index (χ2v) is 5.64. The first-order valence-electron chi connectivity index (χ1n) is 6.77. The summed E-state index contributed by atoms with van der Waals surface area (Å²) in [5, 5.41) is 24.0. The fraction of sp³-hybridized carbons (Fsp3) is 0.385. The van der Waals surface area contributed by atoms with E-state index in [9.17, 15) is 14.9 Å². The number of hydrogen-bond acceptors (Lipinski definition) is 5. The van der Waals surface area contributed by atoms with Gasteiger partial charge in [-0.2, -0.15) is 16.4 Å². The second-order valence-electron chi connectivity index (χ2n) is 4.86. The highest BCUT2D eigenvalue weighted by atomic mass is 32.1. The van der Waals surface area contributed by atoms with Gasteiger partial charge in [-0.3, -0.25) is 14.8 Å². The van der Waals surface area contributed by atoms with E-state index in [4.69, 9.17) is 0 Å². The Bertz CT molecular complexity index is 625. The maximum Gasteiger partial charge on any atom is 0.315 e. The molecule has 118 valence electrons. The zero-order chi connectivity index (χ0) is 15.9. The lowest BCUT2D eigenvalue weighted by molar-refractivity contribution is -0.385. The first kappa shape index (κ1) is 16.0. The number of urea groups is 1. The molecule has 0 aromatic carbocycles. The maximum atomic E-state index is 11.7. The van der Waals surface area contributed by atoms with E-state index in [0.29, 0.717) is 13.1 Å². The largest absolute Gasteiger partial charge is 0.336 e. The predicted octanol–water partition coefficient (Wildman–Crippen LogP) is 1.78. The molecule has 2 N–H and O–H groups in total. The fourth-order valence-electron chi connectivity index (χ4n) is 1.94. The van der Waals surface area contributed by atoms with Gasteiger partial charge in [0.05, 0.1) is 11.5 Å². The van der Waals surface area contributed by atoms with Crippen LogP contribution in [0.2, 0.25) is 0 Å². The summed E-state index contributed by atoms with van der Waals surface area (Å²) < 4.78 is 1.42. The number of nitro groups is 1. The summed E-state index contributed by atoms with van der Waals surface area (Å²) >= 11 is 1.63. The number of thiophene rings is 1. The molecule has 0 aliphatic heterocycles. The standard InChI is InChI=1S/C13H17N5O3S/c1-10(6-11-2-5-22-9-11)16-13(19)14-3-4-17-8-12(7-15-17)18(20)21/h2,5,7-10H,3-4,6H2,1H3,(H2,14,16,19)/t10-/m1/s1. The molecule has 2 aromatic rings. The van der Waals surface area contributed by atoms with Crippen molar-refractivity contribution in [2.45, 2.75) is 25.9 Å². The third-order valence-corrected chi connectivity index (χ3v) is 3.69. The summed E-state index contributed by atoms with van der Waals surface area (Å²) in [7, 11) is 0. The Balaban J connectivity index is 1.67. The fourth-order valence-corrected chi connectivity index (χ4v) is 2.62. The van der Waals surface area contributed by atoms with Gasteiger partial charge < -0.3 is 10.6 Å². The molecule has 22 heavy (non-hydrogen) atoms. The number of nitrogens with one attached hydrogen (secondary N) is 2. The molecule has 2 amide bonds. The van der Waals surface area contributed by atoms with E-state index in [1.807, 2.05) is 18.4 Å². The van der Waals surface area contributed by atoms with Crippen LogP contribution >= 0.6 is 11.3 Å². The van der Waals surface area contributed by atoms with Crippen molar-refractivity contribution in [3.8, 4) is 0 Å². The van der Waals surface area contributed by atoms with Crippen LogP contribution < -0.4 is 10.6 Å². The van der Waals surface area contributed by atoms with Gasteiger partial charge in [0.2, 0.25) is 0 Å². The topological polar surface area (TPSA) is 102 Å². The van der Waals surface area contributed by atoms with Crippen LogP contribution in [0.1, 0.15) is 12.5 Å². The highest BCUT2D eigenvalue weighted by Crippen LogP contribution is 2.08. The van der Waals surface area contributed by atoms with Gasteiger partial charge in [-0.15, -0.1) is 0 Å². The highest BCUT2D eigenvalue weighted by Gasteiger charge is 2.10. The molecule has 0 saturated heterocycles. The average Bonchev–Trinajstić information content (AvgIpc) is 3.09. The van der Waals surface area contributed by atoms with Gasteiger partial charge >= 0.3 is 11.7 Å². The summed E-state index contributed by atoms with van der Waals surface area (Å²) in [5.41, 5.74) is 1.13. The summed E-state index contributed by atoms with van der Waals surface area (Å²) in [6.07, 6.45) is 3.30. The normalized spacial score (nSPS) is 11.9. The number of carbonyl (C=O) groups is 1. The molecule has 0 aliphatic rings. The van der Waals surface area contributed by atoms with Crippen LogP contribution in [0.5, 0.6) is 0 Å². The number of amides is 2. The molecule has 2 heterocycles. The van der Waals surface area contributed by atoms with E-state index < -0.39 is 4.92 Å². The van der Waals surface area contributed by atoms with Gasteiger partial charge in [-0.05, 0) is 35.7 Å². The van der Waals surface area contributed by atoms with Crippen molar-refractivity contribution >= 4 is 23.1 Å². The average molecular weight is 323 g/mol. The molecule has 0 bridgehead atoms. The third-order valence-electron chi connectivity index (χ3n) is 2.96. The van der Waals surface area contributed by atoms with Crippen molar-refractivity contribution in [3.63, 3.8) is 0 Å². The zero-order valence-corrected chi connectivity index (χ0v) is 12.9. The quantitative estimate of drug-likeness (QED) is 0.599. The number of aromatic nitrogens is 2. The van der Waals surface area contributed by atoms with Crippen LogP contribution in [0.25, 0.3) is 0 Å². The molecular formula is C13H17N5O3S. The third kappa shape index (κ3) is 4.85. The minimum absolute atomic E-state index is 0.0281. The summed E-state index contributed by atoms with van der Waals surface area (Å²) in [6.45, 7) is 2.66. The molecule has 0 fully saturated rings. The van der Waals surface area contributed by atoms with E-state index in [1.165, 1.54) is 22.6 Å². The van der Waals surface area contributed by atoms with E-state index in [0.717, 1.165) is 6.42 Å². The van der Waals surface area contributed by atoms with E-state index in [2.05, 4.69) is 21.1 Å². The van der Waals surface area contributed by atoms with Gasteiger partial charge in [-0.1, -0.05) is 0 Å². The smallest absolute Gasteiger partial charge is 0.315 e. The van der Waals surface area contributed by atoms with E-state index in [1.54, 1.807) is 11.3 Å². The van der Waals surface area contributed by atoms with Crippen molar-refractivity contribution in [2.75, 3.05) is 6.54 Å². The Hall–Kier alpha value is -2.42. The van der Waals surface area contributed by atoms with Gasteiger partial charge in [-0.25, -0.2) is 4.79 Å². The van der Waals surface area contributed by atoms with Crippen molar-refractivity contribution in [1.29, 1.82) is 0 Å². The summed E-state index contributed by atoms with van der Waals surface area (Å²) in [6, 6.07) is 1.80. The molecule has 8 nitrogen and oxygen atoms in total. The monoisotopic (exact) mass is 323 g/mol. The number of rotatable bonds is 7. The van der Waals surface area contributed by atoms with Crippen LogP contribution in [0.3, 0.4) is 0 Å². The number of carbonyl (C=O) groups excluding carboxylic acids is 1. The molecule has 0 radical (unpaired) electrons. The lowest BCUT2D eigenvalue weighted by Gasteiger charge is -2.14. The van der Waals surface area contributed by atoms with Gasteiger partial charge in [0.25, 0.3) is 0 Å². The molecular weight excluding hydrogens is 306 g/mol. The zero-order valence-electron chi connectivity index (χ0n) is 12.1. The summed E-state index contributed by atoms with van der Waals surface area (Å²) in [5.74, 6) is 0. The van der Waals surface area contributed by atoms with Crippen LogP contribution in [-0.2, 0) is 13.0 Å². The maximum absolute atomic E-state index is 11.7. The minimum Gasteiger partial charge on any atom is -0.336 e. The minimum atomic E-state index is -0.504.